The van der Waals surface area contributed by atoms with Crippen LogP contribution in [-0.4, -0.2) is 27.2 Å². The summed E-state index contributed by atoms with van der Waals surface area (Å²) in [4.78, 5) is 11.9. The third-order valence-corrected chi connectivity index (χ3v) is 6.27. The maximum atomic E-state index is 11.9. The first-order valence-corrected chi connectivity index (χ1v) is 12.5. The predicted molar refractivity (Wildman–Crippen MR) is 132 cm³/mol. The number of aryl methyl sites for hydroxylation is 3. The first-order valence-electron chi connectivity index (χ1n) is 11.5. The van der Waals surface area contributed by atoms with Crippen LogP contribution in [0.1, 0.15) is 61.5 Å². The van der Waals surface area contributed by atoms with Crippen LogP contribution in [0.4, 0.5) is 0 Å². The van der Waals surface area contributed by atoms with Gasteiger partial charge in [0.25, 0.3) is 0 Å². The van der Waals surface area contributed by atoms with Crippen molar-refractivity contribution in [1.29, 1.82) is 0 Å². The fraction of sp³-hybridized carbons (Fsp3) is 0.423. The molecule has 0 spiro atoms. The Kier molecular flexibility index (Phi) is 9.35. The highest BCUT2D eigenvalue weighted by atomic mass is 32.2. The number of para-hydroxylation sites is 1. The summed E-state index contributed by atoms with van der Waals surface area (Å²) in [6.07, 6.45) is 5.26. The largest absolute Gasteiger partial charge is 0.356 e. The molecule has 0 radical (unpaired) electrons. The fourth-order valence-corrected chi connectivity index (χ4v) is 4.65. The van der Waals surface area contributed by atoms with Crippen LogP contribution < -0.4 is 5.32 Å². The Labute approximate surface area is 196 Å². The topological polar surface area (TPSA) is 59.8 Å². The average Bonchev–Trinajstić information content (AvgIpc) is 3.18. The van der Waals surface area contributed by atoms with Crippen molar-refractivity contribution in [2.75, 3.05) is 6.54 Å². The second kappa shape index (κ2) is 12.4. The molecule has 0 saturated carbocycles. The molecule has 0 aliphatic rings. The van der Waals surface area contributed by atoms with Crippen LogP contribution in [0, 0.1) is 13.8 Å². The van der Waals surface area contributed by atoms with Gasteiger partial charge in [-0.3, -0.25) is 9.36 Å². The highest BCUT2D eigenvalue weighted by Crippen LogP contribution is 2.26. The van der Waals surface area contributed by atoms with Crippen molar-refractivity contribution in [3.8, 4) is 5.69 Å². The number of hydrogen-bond donors (Lipinski definition) is 1. The summed E-state index contributed by atoms with van der Waals surface area (Å²) in [5, 5.41) is 12.9. The van der Waals surface area contributed by atoms with Gasteiger partial charge in [0.2, 0.25) is 5.91 Å². The number of carbonyl (C=O) groups excluding carboxylic acids is 1. The number of hydrogen-bond acceptors (Lipinski definition) is 4. The van der Waals surface area contributed by atoms with E-state index in [2.05, 4.69) is 71.2 Å². The minimum atomic E-state index is 0.146. The zero-order valence-corrected chi connectivity index (χ0v) is 20.3. The molecule has 3 aromatic rings. The number of benzene rings is 2. The minimum Gasteiger partial charge on any atom is -0.356 e. The first kappa shape index (κ1) is 24.1. The molecule has 6 heteroatoms. The van der Waals surface area contributed by atoms with Crippen molar-refractivity contribution in [2.45, 2.75) is 70.2 Å². The zero-order chi connectivity index (χ0) is 22.8. The predicted octanol–water partition coefficient (Wildman–Crippen LogP) is 5.81. The molecule has 5 nitrogen and oxygen atoms in total. The summed E-state index contributed by atoms with van der Waals surface area (Å²) < 4.78 is 2.16. The van der Waals surface area contributed by atoms with Crippen molar-refractivity contribution < 1.29 is 4.79 Å². The Morgan fingerprint density at radius 1 is 1.00 bits per heavy atom. The third kappa shape index (κ3) is 7.23. The molecular formula is C26H34N4OS. The summed E-state index contributed by atoms with van der Waals surface area (Å²) in [5.41, 5.74) is 4.94. The van der Waals surface area contributed by atoms with Gasteiger partial charge in [-0.1, -0.05) is 72.6 Å². The summed E-state index contributed by atoms with van der Waals surface area (Å²) in [6, 6.07) is 16.9. The lowest BCUT2D eigenvalue weighted by molar-refractivity contribution is -0.121. The van der Waals surface area contributed by atoms with Crippen molar-refractivity contribution in [3.63, 3.8) is 0 Å². The van der Waals surface area contributed by atoms with Crippen molar-refractivity contribution in [3.05, 3.63) is 71.0 Å². The van der Waals surface area contributed by atoms with Crippen LogP contribution in [-0.2, 0) is 17.0 Å². The van der Waals surface area contributed by atoms with E-state index in [4.69, 9.17) is 0 Å². The maximum absolute atomic E-state index is 11.9. The van der Waals surface area contributed by atoms with Gasteiger partial charge in [-0.05, 0) is 50.8 Å². The monoisotopic (exact) mass is 450 g/mol. The smallest absolute Gasteiger partial charge is 0.219 e. The molecule has 0 aliphatic carbocycles. The number of thioether (sulfide) groups is 1. The molecule has 32 heavy (non-hydrogen) atoms. The van der Waals surface area contributed by atoms with E-state index in [0.717, 1.165) is 61.1 Å². The molecule has 0 bridgehead atoms. The number of nitrogens with one attached hydrogen (secondary N) is 1. The van der Waals surface area contributed by atoms with Crippen molar-refractivity contribution in [1.82, 2.24) is 20.1 Å². The summed E-state index contributed by atoms with van der Waals surface area (Å²) in [6.45, 7) is 7.17. The number of nitrogens with zero attached hydrogens (tertiary/aromatic N) is 3. The van der Waals surface area contributed by atoms with Gasteiger partial charge in [0.1, 0.15) is 5.82 Å². The van der Waals surface area contributed by atoms with E-state index < -0.39 is 0 Å². The highest BCUT2D eigenvalue weighted by molar-refractivity contribution is 7.98. The minimum absolute atomic E-state index is 0.146. The number of amides is 1. The zero-order valence-electron chi connectivity index (χ0n) is 19.4. The Morgan fingerprint density at radius 2 is 1.75 bits per heavy atom. The number of unbranched alkanes of at least 4 members (excludes halogenated alkanes) is 2. The molecule has 1 amide bonds. The van der Waals surface area contributed by atoms with Gasteiger partial charge in [-0.25, -0.2) is 0 Å². The SMILES string of the molecule is CCCCNC(=O)CCCCc1nnc(SCc2cc(C)cc(C)c2)n1-c1ccccc1. The van der Waals surface area contributed by atoms with Gasteiger partial charge >= 0.3 is 0 Å². The molecule has 0 atom stereocenters. The number of aromatic nitrogens is 3. The molecule has 0 aliphatic heterocycles. The number of carbonyl (C=O) groups is 1. The van der Waals surface area contributed by atoms with Gasteiger partial charge < -0.3 is 5.32 Å². The molecule has 0 fully saturated rings. The van der Waals surface area contributed by atoms with E-state index in [9.17, 15) is 4.79 Å². The van der Waals surface area contributed by atoms with E-state index >= 15 is 0 Å². The molecule has 170 valence electrons. The second-order valence-electron chi connectivity index (χ2n) is 8.27. The van der Waals surface area contributed by atoms with E-state index in [1.807, 2.05) is 18.2 Å². The quantitative estimate of drug-likeness (QED) is 0.280. The van der Waals surface area contributed by atoms with E-state index in [-0.39, 0.29) is 5.91 Å². The molecule has 1 aromatic heterocycles. The van der Waals surface area contributed by atoms with E-state index in [1.165, 1.54) is 16.7 Å². The van der Waals surface area contributed by atoms with E-state index in [0.29, 0.717) is 6.42 Å². The molecule has 2 aromatic carbocycles. The van der Waals surface area contributed by atoms with Gasteiger partial charge in [-0.15, -0.1) is 10.2 Å². The average molecular weight is 451 g/mol. The van der Waals surface area contributed by atoms with Crippen LogP contribution in [0.5, 0.6) is 0 Å². The lowest BCUT2D eigenvalue weighted by Crippen LogP contribution is -2.23. The van der Waals surface area contributed by atoms with Gasteiger partial charge in [0.05, 0.1) is 0 Å². The van der Waals surface area contributed by atoms with Gasteiger partial charge in [0.15, 0.2) is 5.16 Å². The Hall–Kier alpha value is -2.60. The molecule has 3 rings (SSSR count). The van der Waals surface area contributed by atoms with Crippen LogP contribution >= 0.6 is 11.8 Å². The summed E-state index contributed by atoms with van der Waals surface area (Å²) in [5.74, 6) is 1.95. The Morgan fingerprint density at radius 3 is 2.47 bits per heavy atom. The molecule has 1 N–H and O–H groups in total. The summed E-state index contributed by atoms with van der Waals surface area (Å²) >= 11 is 1.71. The maximum Gasteiger partial charge on any atom is 0.219 e. The fourth-order valence-electron chi connectivity index (χ4n) is 3.75. The Balaban J connectivity index is 1.65. The normalized spacial score (nSPS) is 11.0. The van der Waals surface area contributed by atoms with E-state index in [1.54, 1.807) is 11.8 Å². The lowest BCUT2D eigenvalue weighted by Gasteiger charge is -2.11. The second-order valence-corrected chi connectivity index (χ2v) is 9.21. The van der Waals surface area contributed by atoms with Crippen LogP contribution in [0.3, 0.4) is 0 Å². The number of rotatable bonds is 12. The molecular weight excluding hydrogens is 416 g/mol. The lowest BCUT2D eigenvalue weighted by atomic mass is 10.1. The van der Waals surface area contributed by atoms with Crippen LogP contribution in [0.25, 0.3) is 5.69 Å². The standard InChI is InChI=1S/C26H34N4OS/c1-4-5-15-27-25(31)14-10-9-13-24-28-29-26(30(24)23-11-7-6-8-12-23)32-19-22-17-20(2)16-21(3)18-22/h6-8,11-12,16-18H,4-5,9-10,13-15,19H2,1-3H3,(H,27,31). The van der Waals surface area contributed by atoms with Gasteiger partial charge in [0, 0.05) is 30.8 Å². The van der Waals surface area contributed by atoms with Crippen LogP contribution in [0.15, 0.2) is 53.7 Å². The Bertz CT molecular complexity index is 980. The van der Waals surface area contributed by atoms with Gasteiger partial charge in [-0.2, -0.15) is 0 Å². The molecule has 0 unspecified atom stereocenters. The van der Waals surface area contributed by atoms with Crippen LogP contribution in [0.2, 0.25) is 0 Å². The highest BCUT2D eigenvalue weighted by Gasteiger charge is 2.15. The molecule has 0 saturated heterocycles. The van der Waals surface area contributed by atoms with Crippen molar-refractivity contribution >= 4 is 17.7 Å². The molecule has 1 heterocycles. The first-order chi connectivity index (χ1) is 15.6. The van der Waals surface area contributed by atoms with Crippen molar-refractivity contribution in [2.24, 2.45) is 0 Å². The summed E-state index contributed by atoms with van der Waals surface area (Å²) in [7, 11) is 0. The third-order valence-electron chi connectivity index (χ3n) is 5.27.